The SMILES string of the molecule is CC1CC(c2ccccc2)C2(CN(C)c3c(Cl)cccc32)C1c1ccccc1. The zero-order valence-corrected chi connectivity index (χ0v) is 17.2. The predicted molar refractivity (Wildman–Crippen MR) is 119 cm³/mol. The van der Waals surface area contributed by atoms with Crippen molar-refractivity contribution in [2.45, 2.75) is 30.6 Å². The van der Waals surface area contributed by atoms with Gasteiger partial charge >= 0.3 is 0 Å². The largest absolute Gasteiger partial charge is 0.372 e. The standard InChI is InChI=1S/C26H26ClN/c1-18-16-22(19-10-5-3-6-11-19)26(24(18)20-12-7-4-8-13-20)17-28(2)25-21(26)14-9-15-23(25)27/h3-15,18,22,24H,16-17H2,1-2H3. The van der Waals surface area contributed by atoms with Crippen molar-refractivity contribution >= 4 is 17.3 Å². The van der Waals surface area contributed by atoms with Gasteiger partial charge < -0.3 is 4.90 Å². The molecule has 1 fully saturated rings. The summed E-state index contributed by atoms with van der Waals surface area (Å²) in [7, 11) is 2.20. The average Bonchev–Trinajstić information content (AvgIpc) is 3.18. The minimum atomic E-state index is 0.0388. The van der Waals surface area contributed by atoms with Gasteiger partial charge in [-0.3, -0.25) is 0 Å². The van der Waals surface area contributed by atoms with Crippen LogP contribution in [0, 0.1) is 5.92 Å². The van der Waals surface area contributed by atoms with Crippen molar-refractivity contribution in [1.29, 1.82) is 0 Å². The van der Waals surface area contributed by atoms with E-state index in [1.165, 1.54) is 28.8 Å². The summed E-state index contributed by atoms with van der Waals surface area (Å²) in [5.41, 5.74) is 5.59. The van der Waals surface area contributed by atoms with Crippen LogP contribution in [0.1, 0.15) is 41.9 Å². The van der Waals surface area contributed by atoms with Crippen LogP contribution in [0.25, 0.3) is 0 Å². The van der Waals surface area contributed by atoms with Crippen molar-refractivity contribution in [2.75, 3.05) is 18.5 Å². The Bertz CT molecular complexity index is 984. The topological polar surface area (TPSA) is 3.24 Å². The second-order valence-electron chi connectivity index (χ2n) is 8.60. The minimum absolute atomic E-state index is 0.0388. The molecule has 1 aliphatic carbocycles. The van der Waals surface area contributed by atoms with E-state index in [1.54, 1.807) is 0 Å². The number of benzene rings is 3. The third kappa shape index (κ3) is 2.46. The summed E-state index contributed by atoms with van der Waals surface area (Å²) in [5.74, 6) is 1.56. The Morgan fingerprint density at radius 1 is 0.857 bits per heavy atom. The lowest BCUT2D eigenvalue weighted by atomic mass is 9.64. The molecular weight excluding hydrogens is 362 g/mol. The highest BCUT2D eigenvalue weighted by atomic mass is 35.5. The van der Waals surface area contributed by atoms with Crippen LogP contribution in [0.4, 0.5) is 5.69 Å². The van der Waals surface area contributed by atoms with Gasteiger partial charge in [-0.2, -0.15) is 0 Å². The highest BCUT2D eigenvalue weighted by molar-refractivity contribution is 6.33. The van der Waals surface area contributed by atoms with Crippen LogP contribution in [-0.4, -0.2) is 13.6 Å². The van der Waals surface area contributed by atoms with Gasteiger partial charge in [0.15, 0.2) is 0 Å². The molecule has 4 atom stereocenters. The second-order valence-corrected chi connectivity index (χ2v) is 9.00. The highest BCUT2D eigenvalue weighted by Gasteiger charge is 2.59. The van der Waals surface area contributed by atoms with E-state index in [9.17, 15) is 0 Å². The lowest BCUT2D eigenvalue weighted by molar-refractivity contribution is 0.356. The summed E-state index contributed by atoms with van der Waals surface area (Å²) >= 11 is 6.71. The molecule has 0 saturated heterocycles. The number of fused-ring (bicyclic) bond motifs is 2. The van der Waals surface area contributed by atoms with Gasteiger partial charge in [-0.25, -0.2) is 0 Å². The van der Waals surface area contributed by atoms with Gasteiger partial charge in [0.2, 0.25) is 0 Å². The first-order chi connectivity index (χ1) is 13.6. The molecule has 0 N–H and O–H groups in total. The molecular formula is C26H26ClN. The highest BCUT2D eigenvalue weighted by Crippen LogP contribution is 2.65. The van der Waals surface area contributed by atoms with Crippen LogP contribution in [0.15, 0.2) is 78.9 Å². The third-order valence-corrected chi connectivity index (χ3v) is 7.39. The lowest BCUT2D eigenvalue weighted by Gasteiger charge is -2.39. The fourth-order valence-corrected chi connectivity index (χ4v) is 6.57. The van der Waals surface area contributed by atoms with Crippen molar-refractivity contribution in [3.05, 3.63) is 101 Å². The molecule has 4 unspecified atom stereocenters. The van der Waals surface area contributed by atoms with E-state index in [1.807, 2.05) is 6.07 Å². The minimum Gasteiger partial charge on any atom is -0.372 e. The smallest absolute Gasteiger partial charge is 0.0642 e. The number of para-hydroxylation sites is 1. The number of likely N-dealkylation sites (N-methyl/N-ethyl adjacent to an activating group) is 1. The van der Waals surface area contributed by atoms with E-state index in [0.29, 0.717) is 17.8 Å². The van der Waals surface area contributed by atoms with Crippen LogP contribution in [0.3, 0.4) is 0 Å². The molecule has 142 valence electrons. The van der Waals surface area contributed by atoms with Crippen LogP contribution in [-0.2, 0) is 5.41 Å². The van der Waals surface area contributed by atoms with E-state index in [4.69, 9.17) is 11.6 Å². The van der Waals surface area contributed by atoms with E-state index < -0.39 is 0 Å². The number of anilines is 1. The molecule has 1 saturated carbocycles. The van der Waals surface area contributed by atoms with Gasteiger partial charge in [-0.1, -0.05) is 91.3 Å². The normalized spacial score (nSPS) is 28.7. The molecule has 1 heterocycles. The molecule has 2 heteroatoms. The van der Waals surface area contributed by atoms with E-state index in [2.05, 4.69) is 91.7 Å². The number of rotatable bonds is 2. The first kappa shape index (κ1) is 17.8. The Labute approximate surface area is 173 Å². The summed E-state index contributed by atoms with van der Waals surface area (Å²) in [5, 5.41) is 0.870. The van der Waals surface area contributed by atoms with Crippen LogP contribution >= 0.6 is 11.6 Å². The molecule has 2 aliphatic rings. The van der Waals surface area contributed by atoms with Crippen molar-refractivity contribution in [1.82, 2.24) is 0 Å². The summed E-state index contributed by atoms with van der Waals surface area (Å²) in [6.07, 6.45) is 1.20. The molecule has 5 rings (SSSR count). The average molecular weight is 388 g/mol. The first-order valence-electron chi connectivity index (χ1n) is 10.2. The van der Waals surface area contributed by atoms with Gasteiger partial charge in [-0.15, -0.1) is 0 Å². The fourth-order valence-electron chi connectivity index (χ4n) is 6.25. The Hall–Kier alpha value is -2.25. The molecule has 0 bridgehead atoms. The Morgan fingerprint density at radius 2 is 1.50 bits per heavy atom. The summed E-state index contributed by atoms with van der Waals surface area (Å²) in [6.45, 7) is 3.44. The number of halogens is 1. The van der Waals surface area contributed by atoms with E-state index in [0.717, 1.165) is 11.6 Å². The zero-order valence-electron chi connectivity index (χ0n) is 16.5. The second kappa shape index (κ2) is 6.67. The van der Waals surface area contributed by atoms with Gasteiger partial charge in [-0.05, 0) is 46.9 Å². The van der Waals surface area contributed by atoms with Crippen molar-refractivity contribution in [3.63, 3.8) is 0 Å². The molecule has 0 radical (unpaired) electrons. The summed E-state index contributed by atoms with van der Waals surface area (Å²) in [6, 6.07) is 28.7. The molecule has 0 amide bonds. The van der Waals surface area contributed by atoms with Gasteiger partial charge in [0.25, 0.3) is 0 Å². The van der Waals surface area contributed by atoms with E-state index in [-0.39, 0.29) is 5.41 Å². The van der Waals surface area contributed by atoms with Gasteiger partial charge in [0, 0.05) is 19.0 Å². The van der Waals surface area contributed by atoms with Crippen LogP contribution in [0.5, 0.6) is 0 Å². The molecule has 1 aliphatic heterocycles. The van der Waals surface area contributed by atoms with Crippen molar-refractivity contribution < 1.29 is 0 Å². The Balaban J connectivity index is 1.78. The number of hydrogen-bond donors (Lipinski definition) is 0. The lowest BCUT2D eigenvalue weighted by Crippen LogP contribution is -2.39. The maximum atomic E-state index is 6.71. The molecule has 0 aromatic heterocycles. The van der Waals surface area contributed by atoms with Gasteiger partial charge in [0.05, 0.1) is 10.7 Å². The maximum Gasteiger partial charge on any atom is 0.0642 e. The fraction of sp³-hybridized carbons (Fsp3) is 0.308. The molecule has 1 spiro atoms. The van der Waals surface area contributed by atoms with Gasteiger partial charge in [0.1, 0.15) is 0 Å². The molecule has 28 heavy (non-hydrogen) atoms. The summed E-state index contributed by atoms with van der Waals surface area (Å²) in [4.78, 5) is 2.39. The molecule has 1 nitrogen and oxygen atoms in total. The first-order valence-corrected chi connectivity index (χ1v) is 10.6. The maximum absolute atomic E-state index is 6.71. The number of hydrogen-bond acceptors (Lipinski definition) is 1. The predicted octanol–water partition coefficient (Wildman–Crippen LogP) is 6.64. The third-order valence-electron chi connectivity index (χ3n) is 7.08. The van der Waals surface area contributed by atoms with Crippen LogP contribution in [0.2, 0.25) is 5.02 Å². The Kier molecular flexibility index (Phi) is 4.25. The monoisotopic (exact) mass is 387 g/mol. The summed E-state index contributed by atoms with van der Waals surface area (Å²) < 4.78 is 0. The molecule has 3 aromatic carbocycles. The van der Waals surface area contributed by atoms with Crippen LogP contribution < -0.4 is 4.90 Å². The number of nitrogens with zero attached hydrogens (tertiary/aromatic N) is 1. The molecule has 3 aromatic rings. The zero-order chi connectivity index (χ0) is 19.3. The van der Waals surface area contributed by atoms with Crippen molar-refractivity contribution in [2.24, 2.45) is 5.92 Å². The quantitative estimate of drug-likeness (QED) is 0.476. The Morgan fingerprint density at radius 3 is 2.18 bits per heavy atom. The van der Waals surface area contributed by atoms with E-state index >= 15 is 0 Å². The van der Waals surface area contributed by atoms with Crippen molar-refractivity contribution in [3.8, 4) is 0 Å².